The van der Waals surface area contributed by atoms with Crippen molar-refractivity contribution in [2.75, 3.05) is 7.11 Å². The summed E-state index contributed by atoms with van der Waals surface area (Å²) in [5, 5.41) is 8.78. The molecule has 3 aromatic rings. The number of nitrogens with zero attached hydrogens (tertiary/aromatic N) is 3. The molecule has 0 aliphatic heterocycles. The number of hydrogen-bond acceptors (Lipinski definition) is 6. The first-order valence-corrected chi connectivity index (χ1v) is 9.00. The first-order chi connectivity index (χ1) is 13.0. The molecule has 2 aromatic heterocycles. The first kappa shape index (κ1) is 18.7. The molecule has 0 aliphatic carbocycles. The van der Waals surface area contributed by atoms with Gasteiger partial charge in [0.25, 0.3) is 5.91 Å². The molecule has 2 heterocycles. The minimum Gasteiger partial charge on any atom is -0.469 e. The Morgan fingerprint density at radius 2 is 2.15 bits per heavy atom. The maximum Gasteiger partial charge on any atom is 0.307 e. The van der Waals surface area contributed by atoms with Crippen LogP contribution >= 0.6 is 11.3 Å². The molecule has 1 N–H and O–H groups in total. The number of esters is 1. The van der Waals surface area contributed by atoms with Crippen LogP contribution in [-0.2, 0) is 9.53 Å². The molecular weight excluding hydrogens is 371 g/mol. The Labute approximate surface area is 158 Å². The van der Waals surface area contributed by atoms with Crippen LogP contribution in [0.25, 0.3) is 16.4 Å². The quantitative estimate of drug-likeness (QED) is 0.656. The molecule has 0 saturated heterocycles. The van der Waals surface area contributed by atoms with Crippen molar-refractivity contribution < 1.29 is 18.7 Å². The lowest BCUT2D eigenvalue weighted by Gasteiger charge is -2.10. The first-order valence-electron chi connectivity index (χ1n) is 8.12. The normalized spacial score (nSPS) is 11.8. The van der Waals surface area contributed by atoms with Crippen LogP contribution in [0.4, 0.5) is 4.39 Å². The lowest BCUT2D eigenvalue weighted by molar-refractivity contribution is -0.141. The van der Waals surface area contributed by atoms with Crippen LogP contribution in [0.2, 0.25) is 0 Å². The Bertz CT molecular complexity index is 955. The van der Waals surface area contributed by atoms with Gasteiger partial charge >= 0.3 is 5.97 Å². The summed E-state index contributed by atoms with van der Waals surface area (Å²) >= 11 is 1.43. The van der Waals surface area contributed by atoms with E-state index < -0.39 is 23.7 Å². The average molecular weight is 388 g/mol. The summed E-state index contributed by atoms with van der Waals surface area (Å²) < 4.78 is 19.7. The molecule has 0 fully saturated rings. The molecule has 1 amide bonds. The molecule has 0 aliphatic rings. The monoisotopic (exact) mass is 388 g/mol. The number of carbonyl (C=O) groups excluding carboxylic acids is 2. The maximum absolute atomic E-state index is 13.6. The van der Waals surface area contributed by atoms with E-state index in [1.807, 2.05) is 17.5 Å². The summed E-state index contributed by atoms with van der Waals surface area (Å²) in [5.41, 5.74) is 0.451. The highest BCUT2D eigenvalue weighted by Crippen LogP contribution is 2.25. The van der Waals surface area contributed by atoms with Gasteiger partial charge in [-0.2, -0.15) is 0 Å². The van der Waals surface area contributed by atoms with Crippen molar-refractivity contribution in [3.05, 3.63) is 53.4 Å². The van der Waals surface area contributed by atoms with Gasteiger partial charge in [0.05, 0.1) is 24.1 Å². The third-order valence-corrected chi connectivity index (χ3v) is 4.55. The molecule has 140 valence electrons. The van der Waals surface area contributed by atoms with E-state index in [4.69, 9.17) is 0 Å². The van der Waals surface area contributed by atoms with E-state index in [1.165, 1.54) is 35.3 Å². The van der Waals surface area contributed by atoms with E-state index in [0.717, 1.165) is 4.88 Å². The lowest BCUT2D eigenvalue weighted by atomic mass is 10.2. The number of rotatable bonds is 6. The minimum atomic E-state index is -0.528. The summed E-state index contributed by atoms with van der Waals surface area (Å²) in [7, 11) is 1.28. The zero-order valence-corrected chi connectivity index (χ0v) is 15.5. The predicted molar refractivity (Wildman–Crippen MR) is 98.2 cm³/mol. The molecule has 0 saturated carbocycles. The van der Waals surface area contributed by atoms with Gasteiger partial charge in [-0.25, -0.2) is 14.1 Å². The SMILES string of the molecule is COC(=O)CC(C)NC(=O)c1nc(-c2cccs2)n(-c2cccc(F)c2)n1. The van der Waals surface area contributed by atoms with Crippen LogP contribution in [-0.4, -0.2) is 39.8 Å². The molecule has 1 atom stereocenters. The van der Waals surface area contributed by atoms with E-state index in [1.54, 1.807) is 19.1 Å². The third kappa shape index (κ3) is 4.37. The fourth-order valence-electron chi connectivity index (χ4n) is 2.43. The molecule has 1 unspecified atom stereocenters. The Morgan fingerprint density at radius 3 is 2.81 bits per heavy atom. The largest absolute Gasteiger partial charge is 0.469 e. The van der Waals surface area contributed by atoms with Gasteiger partial charge in [-0.3, -0.25) is 9.59 Å². The summed E-state index contributed by atoms with van der Waals surface area (Å²) in [6.07, 6.45) is 0.0324. The van der Waals surface area contributed by atoms with Crippen molar-refractivity contribution in [2.24, 2.45) is 0 Å². The number of carbonyl (C=O) groups is 2. The van der Waals surface area contributed by atoms with Crippen molar-refractivity contribution in [1.29, 1.82) is 0 Å². The Hall–Kier alpha value is -3.07. The van der Waals surface area contributed by atoms with Crippen molar-refractivity contribution in [1.82, 2.24) is 20.1 Å². The highest BCUT2D eigenvalue weighted by Gasteiger charge is 2.21. The molecule has 0 spiro atoms. The molecule has 9 heteroatoms. The fourth-order valence-corrected chi connectivity index (χ4v) is 3.13. The van der Waals surface area contributed by atoms with Gasteiger partial charge in [-0.1, -0.05) is 12.1 Å². The van der Waals surface area contributed by atoms with E-state index in [-0.39, 0.29) is 12.2 Å². The number of methoxy groups -OCH3 is 1. The standard InChI is InChI=1S/C18H17FN4O3S/c1-11(9-15(24)26-2)20-18(25)16-21-17(14-7-4-8-27-14)23(22-16)13-6-3-5-12(19)10-13/h3-8,10-11H,9H2,1-2H3,(H,20,25). The fraction of sp³-hybridized carbons (Fsp3) is 0.222. The number of nitrogens with one attached hydrogen (secondary N) is 1. The Kier molecular flexibility index (Phi) is 5.60. The van der Waals surface area contributed by atoms with Crippen LogP contribution < -0.4 is 5.32 Å². The molecule has 27 heavy (non-hydrogen) atoms. The summed E-state index contributed by atoms with van der Waals surface area (Å²) in [6.45, 7) is 1.68. The van der Waals surface area contributed by atoms with Gasteiger partial charge in [0.15, 0.2) is 5.82 Å². The van der Waals surface area contributed by atoms with Gasteiger partial charge in [0, 0.05) is 6.04 Å². The number of aromatic nitrogens is 3. The number of hydrogen-bond donors (Lipinski definition) is 1. The number of benzene rings is 1. The van der Waals surface area contributed by atoms with Crippen LogP contribution in [0, 0.1) is 5.82 Å². The molecule has 3 rings (SSSR count). The second kappa shape index (κ2) is 8.09. The molecule has 1 aromatic carbocycles. The molecule has 7 nitrogen and oxygen atoms in total. The second-order valence-corrected chi connectivity index (χ2v) is 6.73. The predicted octanol–water partition coefficient (Wildman–Crippen LogP) is 2.82. The number of thiophene rings is 1. The smallest absolute Gasteiger partial charge is 0.307 e. The molecular formula is C18H17FN4O3S. The van der Waals surface area contributed by atoms with Gasteiger partial charge in [-0.05, 0) is 36.6 Å². The number of ether oxygens (including phenoxy) is 1. The second-order valence-electron chi connectivity index (χ2n) is 5.78. The van der Waals surface area contributed by atoms with E-state index >= 15 is 0 Å². The minimum absolute atomic E-state index is 0.0324. The van der Waals surface area contributed by atoms with Gasteiger partial charge in [-0.15, -0.1) is 16.4 Å². The van der Waals surface area contributed by atoms with Crippen LogP contribution in [0.1, 0.15) is 24.0 Å². The van der Waals surface area contributed by atoms with E-state index in [2.05, 4.69) is 20.1 Å². The molecule has 0 bridgehead atoms. The Morgan fingerprint density at radius 1 is 1.33 bits per heavy atom. The van der Waals surface area contributed by atoms with Crippen molar-refractivity contribution in [3.8, 4) is 16.4 Å². The highest BCUT2D eigenvalue weighted by molar-refractivity contribution is 7.13. The Balaban J connectivity index is 1.92. The summed E-state index contributed by atoms with van der Waals surface area (Å²) in [6, 6.07) is 9.12. The summed E-state index contributed by atoms with van der Waals surface area (Å²) in [4.78, 5) is 28.9. The summed E-state index contributed by atoms with van der Waals surface area (Å²) in [5.74, 6) is -1.02. The lowest BCUT2D eigenvalue weighted by Crippen LogP contribution is -2.35. The highest BCUT2D eigenvalue weighted by atomic mass is 32.1. The van der Waals surface area contributed by atoms with Crippen molar-refractivity contribution in [3.63, 3.8) is 0 Å². The van der Waals surface area contributed by atoms with Crippen molar-refractivity contribution in [2.45, 2.75) is 19.4 Å². The number of halogens is 1. The van der Waals surface area contributed by atoms with E-state index in [0.29, 0.717) is 11.5 Å². The van der Waals surface area contributed by atoms with Gasteiger partial charge < -0.3 is 10.1 Å². The molecule has 0 radical (unpaired) electrons. The topological polar surface area (TPSA) is 86.1 Å². The van der Waals surface area contributed by atoms with E-state index in [9.17, 15) is 14.0 Å². The van der Waals surface area contributed by atoms with Crippen molar-refractivity contribution >= 4 is 23.2 Å². The zero-order chi connectivity index (χ0) is 19.4. The zero-order valence-electron chi connectivity index (χ0n) is 14.7. The van der Waals surface area contributed by atoms with Crippen LogP contribution in [0.3, 0.4) is 0 Å². The average Bonchev–Trinajstić information content (AvgIpc) is 3.30. The maximum atomic E-state index is 13.6. The van der Waals surface area contributed by atoms with Crippen LogP contribution in [0.5, 0.6) is 0 Å². The van der Waals surface area contributed by atoms with Crippen LogP contribution in [0.15, 0.2) is 41.8 Å². The number of amides is 1. The third-order valence-electron chi connectivity index (χ3n) is 3.68. The van der Waals surface area contributed by atoms with Gasteiger partial charge in [0.1, 0.15) is 5.82 Å². The van der Waals surface area contributed by atoms with Gasteiger partial charge in [0.2, 0.25) is 5.82 Å².